The smallest absolute Gasteiger partial charge is 0.233 e. The highest BCUT2D eigenvalue weighted by Gasteiger charge is 2.73. The number of alkyl halides is 1. The monoisotopic (exact) mass is 541 g/mol. The molecule has 1 aromatic carbocycles. The maximum atomic E-state index is 14.5. The number of rotatable bonds is 7. The number of anilines is 1. The summed E-state index contributed by atoms with van der Waals surface area (Å²) in [6, 6.07) is 12.0. The van der Waals surface area contributed by atoms with Gasteiger partial charge in [-0.2, -0.15) is 15.2 Å². The van der Waals surface area contributed by atoms with Gasteiger partial charge >= 0.3 is 0 Å². The lowest BCUT2D eigenvalue weighted by molar-refractivity contribution is -0.211. The lowest BCUT2D eigenvalue weighted by Gasteiger charge is -2.65. The molecule has 0 N–H and O–H groups in total. The molecule has 0 aliphatic heterocycles. The van der Waals surface area contributed by atoms with Crippen LogP contribution in [-0.2, 0) is 10.2 Å². The van der Waals surface area contributed by atoms with Gasteiger partial charge in [0, 0.05) is 29.1 Å². The summed E-state index contributed by atoms with van der Waals surface area (Å²) in [6.07, 6.45) is 9.95. The molecule has 0 saturated heterocycles. The van der Waals surface area contributed by atoms with E-state index < -0.39 is 11.1 Å². The molecular formula is C32H36FN5O2. The van der Waals surface area contributed by atoms with Crippen molar-refractivity contribution in [1.82, 2.24) is 20.3 Å². The molecule has 208 valence electrons. The van der Waals surface area contributed by atoms with E-state index in [4.69, 9.17) is 9.51 Å². The van der Waals surface area contributed by atoms with E-state index in [0.29, 0.717) is 43.6 Å². The second-order valence-corrected chi connectivity index (χ2v) is 13.7. The molecule has 0 radical (unpaired) electrons. The average molecular weight is 542 g/mol. The minimum Gasteiger partial charge on any atom is -0.339 e. The summed E-state index contributed by atoms with van der Waals surface area (Å²) in [4.78, 5) is 21.0. The summed E-state index contributed by atoms with van der Waals surface area (Å²) in [5, 5.41) is 12.9. The van der Waals surface area contributed by atoms with Crippen LogP contribution in [0.15, 0.2) is 40.9 Å². The van der Waals surface area contributed by atoms with Gasteiger partial charge in [-0.3, -0.25) is 4.79 Å². The SMILES string of the molecule is Cc1ccc(-c2cccc(N(CC3CCC4(c5nc(C6CC6)no5)CCCC3C4)C(=O)C34CC(F)(C3)C4)c2)nn1. The fourth-order valence-corrected chi connectivity index (χ4v) is 8.34. The fraction of sp³-hybridized carbons (Fsp3) is 0.594. The van der Waals surface area contributed by atoms with Gasteiger partial charge in [0.05, 0.1) is 16.8 Å². The van der Waals surface area contributed by atoms with Crippen LogP contribution in [0.1, 0.15) is 94.0 Å². The number of halogens is 1. The average Bonchev–Trinajstić information content (AvgIpc) is 3.66. The zero-order valence-corrected chi connectivity index (χ0v) is 23.1. The van der Waals surface area contributed by atoms with Gasteiger partial charge in [-0.1, -0.05) is 30.1 Å². The van der Waals surface area contributed by atoms with Crippen LogP contribution in [0, 0.1) is 24.2 Å². The molecule has 8 heteroatoms. The molecule has 3 atom stereocenters. The molecule has 2 heterocycles. The van der Waals surface area contributed by atoms with Crippen molar-refractivity contribution in [2.45, 2.75) is 94.6 Å². The topological polar surface area (TPSA) is 85.0 Å². The van der Waals surface area contributed by atoms with Gasteiger partial charge in [0.15, 0.2) is 5.82 Å². The lowest BCUT2D eigenvalue weighted by Crippen LogP contribution is -2.70. The molecule has 0 spiro atoms. The molecule has 4 bridgehead atoms. The van der Waals surface area contributed by atoms with Gasteiger partial charge in [0.25, 0.3) is 0 Å². The number of hydrogen-bond acceptors (Lipinski definition) is 6. The van der Waals surface area contributed by atoms with Crippen LogP contribution < -0.4 is 4.90 Å². The molecule has 7 nitrogen and oxygen atoms in total. The minimum absolute atomic E-state index is 0.0209. The van der Waals surface area contributed by atoms with Crippen molar-refractivity contribution >= 4 is 11.6 Å². The molecule has 6 saturated carbocycles. The zero-order valence-electron chi connectivity index (χ0n) is 23.1. The van der Waals surface area contributed by atoms with E-state index >= 15 is 0 Å². The quantitative estimate of drug-likeness (QED) is 0.341. The van der Waals surface area contributed by atoms with E-state index in [1.165, 1.54) is 12.8 Å². The molecule has 9 rings (SSSR count). The number of carbonyl (C=O) groups is 1. The number of aromatic nitrogens is 4. The molecule has 2 aromatic heterocycles. The number of fused-ring (bicyclic) bond motifs is 2. The Bertz CT molecular complexity index is 1450. The third kappa shape index (κ3) is 3.92. The molecule has 3 unspecified atom stereocenters. The molecule has 6 aliphatic carbocycles. The van der Waals surface area contributed by atoms with Gasteiger partial charge in [-0.05, 0) is 101 Å². The van der Waals surface area contributed by atoms with Gasteiger partial charge in [0.1, 0.15) is 5.67 Å². The van der Waals surface area contributed by atoms with E-state index in [1.807, 2.05) is 42.2 Å². The van der Waals surface area contributed by atoms with Crippen molar-refractivity contribution in [2.75, 3.05) is 11.4 Å². The summed E-state index contributed by atoms with van der Waals surface area (Å²) in [5.74, 6) is 3.22. The third-order valence-corrected chi connectivity index (χ3v) is 10.7. The van der Waals surface area contributed by atoms with Crippen LogP contribution in [-0.4, -0.2) is 38.5 Å². The van der Waals surface area contributed by atoms with E-state index in [2.05, 4.69) is 21.4 Å². The second-order valence-electron chi connectivity index (χ2n) is 13.7. The number of aryl methyl sites for hydroxylation is 1. The predicted octanol–water partition coefficient (Wildman–Crippen LogP) is 6.48. The number of amides is 1. The zero-order chi connectivity index (χ0) is 27.1. The highest BCUT2D eigenvalue weighted by molar-refractivity contribution is 6.00. The third-order valence-electron chi connectivity index (χ3n) is 10.7. The van der Waals surface area contributed by atoms with Crippen molar-refractivity contribution in [3.05, 3.63) is 53.8 Å². The number of nitrogens with zero attached hydrogens (tertiary/aromatic N) is 5. The normalized spacial score (nSPS) is 34.0. The molecular weight excluding hydrogens is 505 g/mol. The fourth-order valence-electron chi connectivity index (χ4n) is 8.34. The van der Waals surface area contributed by atoms with Crippen LogP contribution >= 0.6 is 0 Å². The molecule has 6 aliphatic rings. The van der Waals surface area contributed by atoms with Crippen LogP contribution in [0.25, 0.3) is 11.3 Å². The number of hydrogen-bond donors (Lipinski definition) is 0. The summed E-state index contributed by atoms with van der Waals surface area (Å²) in [7, 11) is 0. The maximum Gasteiger partial charge on any atom is 0.233 e. The highest BCUT2D eigenvalue weighted by atomic mass is 19.1. The minimum atomic E-state index is -1.11. The molecule has 6 fully saturated rings. The highest BCUT2D eigenvalue weighted by Crippen LogP contribution is 2.70. The number of benzene rings is 1. The van der Waals surface area contributed by atoms with Crippen molar-refractivity contribution < 1.29 is 13.7 Å². The lowest BCUT2D eigenvalue weighted by atomic mass is 9.42. The Hall–Kier alpha value is -3.16. The van der Waals surface area contributed by atoms with E-state index in [-0.39, 0.29) is 11.3 Å². The Morgan fingerprint density at radius 1 is 1.07 bits per heavy atom. The van der Waals surface area contributed by atoms with E-state index in [9.17, 15) is 9.18 Å². The second kappa shape index (κ2) is 8.67. The van der Waals surface area contributed by atoms with E-state index in [0.717, 1.165) is 72.9 Å². The summed E-state index contributed by atoms with van der Waals surface area (Å²) in [6.45, 7) is 2.59. The predicted molar refractivity (Wildman–Crippen MR) is 147 cm³/mol. The Labute approximate surface area is 233 Å². The van der Waals surface area contributed by atoms with Crippen molar-refractivity contribution in [3.8, 4) is 11.3 Å². The van der Waals surface area contributed by atoms with Crippen LogP contribution in [0.5, 0.6) is 0 Å². The van der Waals surface area contributed by atoms with Gasteiger partial charge in [0.2, 0.25) is 11.8 Å². The van der Waals surface area contributed by atoms with Gasteiger partial charge in [-0.25, -0.2) is 4.39 Å². The van der Waals surface area contributed by atoms with Crippen molar-refractivity contribution in [1.29, 1.82) is 0 Å². The van der Waals surface area contributed by atoms with Gasteiger partial charge < -0.3 is 9.42 Å². The number of carbonyl (C=O) groups excluding carboxylic acids is 1. The largest absolute Gasteiger partial charge is 0.339 e. The molecule has 1 amide bonds. The first-order valence-corrected chi connectivity index (χ1v) is 15.1. The molecule has 40 heavy (non-hydrogen) atoms. The summed E-state index contributed by atoms with van der Waals surface area (Å²) in [5.41, 5.74) is 1.80. The first-order valence-electron chi connectivity index (χ1n) is 15.1. The summed E-state index contributed by atoms with van der Waals surface area (Å²) >= 11 is 0. The van der Waals surface area contributed by atoms with E-state index in [1.54, 1.807) is 0 Å². The van der Waals surface area contributed by atoms with Gasteiger partial charge in [-0.15, -0.1) is 0 Å². The summed E-state index contributed by atoms with van der Waals surface area (Å²) < 4.78 is 20.4. The first-order chi connectivity index (χ1) is 19.3. The Morgan fingerprint density at radius 2 is 1.93 bits per heavy atom. The Morgan fingerprint density at radius 3 is 2.67 bits per heavy atom. The van der Waals surface area contributed by atoms with Crippen LogP contribution in [0.4, 0.5) is 10.1 Å². The standard InChI is InChI=1S/C32H36FN5O2/c1-20-7-10-26(36-35-20)22-4-2-6-25(14-22)38(29(39)31-17-32(33,18-31)19-31)16-24-11-13-30(12-3-5-23(24)15-30)28-34-27(37-40-28)21-8-9-21/h2,4,6-7,10,14,21,23-24H,3,5,8-9,11-13,15-19H2,1H3. The van der Waals surface area contributed by atoms with Crippen molar-refractivity contribution in [3.63, 3.8) is 0 Å². The maximum absolute atomic E-state index is 14.5. The van der Waals surface area contributed by atoms with Crippen LogP contribution in [0.3, 0.4) is 0 Å². The van der Waals surface area contributed by atoms with Crippen molar-refractivity contribution in [2.24, 2.45) is 17.3 Å². The van der Waals surface area contributed by atoms with Crippen LogP contribution in [0.2, 0.25) is 0 Å². The Kier molecular flexibility index (Phi) is 5.34. The first kappa shape index (κ1) is 24.6. The molecule has 3 aromatic rings. The Balaban J connectivity index is 1.07.